The maximum Gasteiger partial charge on any atom is 0.412 e. The third-order valence-electron chi connectivity index (χ3n) is 2.53. The van der Waals surface area contributed by atoms with Crippen molar-refractivity contribution in [2.75, 3.05) is 11.9 Å². The zero-order valence-corrected chi connectivity index (χ0v) is 13.5. The number of para-hydroxylation sites is 1. The van der Waals surface area contributed by atoms with Gasteiger partial charge in [0.1, 0.15) is 5.60 Å². The molecular formula is C17H23NO4. The summed E-state index contributed by atoms with van der Waals surface area (Å²) in [5.41, 5.74) is 0.988. The minimum Gasteiger partial charge on any atom is -0.463 e. The summed E-state index contributed by atoms with van der Waals surface area (Å²) in [6, 6.07) is 7.36. The predicted octanol–water partition coefficient (Wildman–Crippen LogP) is 3.70. The van der Waals surface area contributed by atoms with Gasteiger partial charge in [0.15, 0.2) is 0 Å². The second kappa shape index (κ2) is 8.22. The highest BCUT2D eigenvalue weighted by atomic mass is 16.6. The maximum atomic E-state index is 11.8. The molecule has 1 aromatic rings. The number of nitrogens with one attached hydrogen (secondary N) is 1. The molecule has 0 bridgehead atoms. The van der Waals surface area contributed by atoms with Crippen molar-refractivity contribution in [3.63, 3.8) is 0 Å². The Balaban J connectivity index is 2.70. The van der Waals surface area contributed by atoms with Gasteiger partial charge in [0.2, 0.25) is 0 Å². The average molecular weight is 305 g/mol. The maximum absolute atomic E-state index is 11.8. The number of hydrogen-bond donors (Lipinski definition) is 1. The molecule has 0 fully saturated rings. The Morgan fingerprint density at radius 3 is 2.55 bits per heavy atom. The van der Waals surface area contributed by atoms with E-state index in [2.05, 4.69) is 5.32 Å². The van der Waals surface area contributed by atoms with Gasteiger partial charge in [-0.3, -0.25) is 5.32 Å². The first-order chi connectivity index (χ1) is 10.3. The van der Waals surface area contributed by atoms with Crippen molar-refractivity contribution in [1.29, 1.82) is 0 Å². The second-order valence-electron chi connectivity index (χ2n) is 5.64. The number of rotatable bonds is 5. The van der Waals surface area contributed by atoms with Crippen molar-refractivity contribution in [2.45, 2.75) is 39.7 Å². The summed E-state index contributed by atoms with van der Waals surface area (Å²) in [4.78, 5) is 23.1. The van der Waals surface area contributed by atoms with E-state index in [1.54, 1.807) is 39.8 Å². The molecule has 22 heavy (non-hydrogen) atoms. The molecule has 120 valence electrons. The standard InChI is InChI=1S/C17H23NO4/c1-5-21-15(19)12-8-10-13-9-6-7-11-14(13)18-16(20)22-17(2,3)4/h6-9,11-12H,5,10H2,1-4H3,(H,18,20)/b12-8+. The van der Waals surface area contributed by atoms with Crippen LogP contribution in [0.3, 0.4) is 0 Å². The van der Waals surface area contributed by atoms with Crippen molar-refractivity contribution in [2.24, 2.45) is 0 Å². The molecule has 0 saturated carbocycles. The van der Waals surface area contributed by atoms with Gasteiger partial charge in [-0.15, -0.1) is 0 Å². The molecule has 5 heteroatoms. The van der Waals surface area contributed by atoms with E-state index in [9.17, 15) is 9.59 Å². The summed E-state index contributed by atoms with van der Waals surface area (Å²) < 4.78 is 10.0. The van der Waals surface area contributed by atoms with Gasteiger partial charge in [0.25, 0.3) is 0 Å². The van der Waals surface area contributed by atoms with Gasteiger partial charge >= 0.3 is 12.1 Å². The van der Waals surface area contributed by atoms with E-state index in [0.717, 1.165) is 5.56 Å². The number of amides is 1. The topological polar surface area (TPSA) is 64.6 Å². The van der Waals surface area contributed by atoms with Crippen molar-refractivity contribution in [1.82, 2.24) is 0 Å². The van der Waals surface area contributed by atoms with Crippen LogP contribution < -0.4 is 5.32 Å². The first-order valence-corrected chi connectivity index (χ1v) is 7.23. The van der Waals surface area contributed by atoms with Crippen molar-refractivity contribution < 1.29 is 19.1 Å². The van der Waals surface area contributed by atoms with Crippen molar-refractivity contribution in [3.05, 3.63) is 42.0 Å². The molecule has 0 unspecified atom stereocenters. The number of anilines is 1. The highest BCUT2D eigenvalue weighted by Crippen LogP contribution is 2.17. The Morgan fingerprint density at radius 1 is 1.23 bits per heavy atom. The van der Waals surface area contributed by atoms with Crippen LogP contribution in [0, 0.1) is 0 Å². The molecule has 0 heterocycles. The molecular weight excluding hydrogens is 282 g/mol. The summed E-state index contributed by atoms with van der Waals surface area (Å²) >= 11 is 0. The molecule has 0 radical (unpaired) electrons. The Morgan fingerprint density at radius 2 is 1.91 bits per heavy atom. The lowest BCUT2D eigenvalue weighted by Crippen LogP contribution is -2.27. The summed E-state index contributed by atoms with van der Waals surface area (Å²) in [5, 5.41) is 2.72. The van der Waals surface area contributed by atoms with Crippen LogP contribution in [0.25, 0.3) is 0 Å². The summed E-state index contributed by atoms with van der Waals surface area (Å²) in [6.07, 6.45) is 3.08. The summed E-state index contributed by atoms with van der Waals surface area (Å²) in [6.45, 7) is 7.52. The van der Waals surface area contributed by atoms with Crippen LogP contribution in [0.1, 0.15) is 33.3 Å². The zero-order valence-electron chi connectivity index (χ0n) is 13.5. The third-order valence-corrected chi connectivity index (χ3v) is 2.53. The van der Waals surface area contributed by atoms with E-state index >= 15 is 0 Å². The number of carbonyl (C=O) groups excluding carboxylic acids is 2. The van der Waals surface area contributed by atoms with E-state index in [0.29, 0.717) is 18.7 Å². The Bertz CT molecular complexity index is 544. The monoisotopic (exact) mass is 305 g/mol. The second-order valence-corrected chi connectivity index (χ2v) is 5.64. The van der Waals surface area contributed by atoms with Crippen LogP contribution in [0.5, 0.6) is 0 Å². The van der Waals surface area contributed by atoms with Gasteiger partial charge in [-0.2, -0.15) is 0 Å². The predicted molar refractivity (Wildman–Crippen MR) is 85.8 cm³/mol. The van der Waals surface area contributed by atoms with Gasteiger partial charge in [-0.25, -0.2) is 9.59 Å². The van der Waals surface area contributed by atoms with Gasteiger partial charge < -0.3 is 9.47 Å². The van der Waals surface area contributed by atoms with Gasteiger partial charge in [0.05, 0.1) is 6.61 Å². The SMILES string of the molecule is CCOC(=O)/C=C/Cc1ccccc1NC(=O)OC(C)(C)C. The minimum absolute atomic E-state index is 0.347. The van der Waals surface area contributed by atoms with Crippen LogP contribution in [0.15, 0.2) is 36.4 Å². The van der Waals surface area contributed by atoms with Gasteiger partial charge in [-0.1, -0.05) is 24.3 Å². The molecule has 0 atom stereocenters. The molecule has 0 aromatic heterocycles. The molecule has 0 saturated heterocycles. The zero-order chi connectivity index (χ0) is 16.6. The number of ether oxygens (including phenoxy) is 2. The molecule has 1 rings (SSSR count). The smallest absolute Gasteiger partial charge is 0.412 e. The van der Waals surface area contributed by atoms with E-state index in [4.69, 9.17) is 9.47 Å². The summed E-state index contributed by atoms with van der Waals surface area (Å²) in [7, 11) is 0. The van der Waals surface area contributed by atoms with Crippen LogP contribution in [-0.4, -0.2) is 24.3 Å². The lowest BCUT2D eigenvalue weighted by molar-refractivity contribution is -0.137. The fourth-order valence-electron chi connectivity index (χ4n) is 1.71. The van der Waals surface area contributed by atoms with Crippen LogP contribution in [-0.2, 0) is 20.7 Å². The average Bonchev–Trinajstić information content (AvgIpc) is 2.39. The van der Waals surface area contributed by atoms with Crippen molar-refractivity contribution in [3.8, 4) is 0 Å². The summed E-state index contributed by atoms with van der Waals surface area (Å²) in [5.74, 6) is -0.375. The quantitative estimate of drug-likeness (QED) is 0.665. The molecule has 0 aliphatic rings. The first-order valence-electron chi connectivity index (χ1n) is 7.23. The van der Waals surface area contributed by atoms with Gasteiger partial charge in [0, 0.05) is 11.8 Å². The number of allylic oxidation sites excluding steroid dienone is 1. The third kappa shape index (κ3) is 6.92. The lowest BCUT2D eigenvalue weighted by Gasteiger charge is -2.20. The fourth-order valence-corrected chi connectivity index (χ4v) is 1.71. The van der Waals surface area contributed by atoms with Crippen LogP contribution in [0.2, 0.25) is 0 Å². The van der Waals surface area contributed by atoms with E-state index in [-0.39, 0.29) is 5.97 Å². The van der Waals surface area contributed by atoms with Crippen LogP contribution >= 0.6 is 0 Å². The number of hydrogen-bond acceptors (Lipinski definition) is 4. The molecule has 5 nitrogen and oxygen atoms in total. The Kier molecular flexibility index (Phi) is 6.63. The first kappa shape index (κ1) is 17.8. The Hall–Kier alpha value is -2.30. The van der Waals surface area contributed by atoms with Crippen LogP contribution in [0.4, 0.5) is 10.5 Å². The highest BCUT2D eigenvalue weighted by Gasteiger charge is 2.16. The van der Waals surface area contributed by atoms with E-state index in [1.165, 1.54) is 6.08 Å². The Labute approximate surface area is 131 Å². The molecule has 1 aromatic carbocycles. The molecule has 0 aliphatic heterocycles. The highest BCUT2D eigenvalue weighted by molar-refractivity contribution is 5.86. The van der Waals surface area contributed by atoms with Crippen molar-refractivity contribution >= 4 is 17.7 Å². The van der Waals surface area contributed by atoms with E-state index < -0.39 is 11.7 Å². The molecule has 1 N–H and O–H groups in total. The normalized spacial score (nSPS) is 11.3. The van der Waals surface area contributed by atoms with Gasteiger partial charge in [-0.05, 0) is 45.7 Å². The molecule has 0 spiro atoms. The largest absolute Gasteiger partial charge is 0.463 e. The fraction of sp³-hybridized carbons (Fsp3) is 0.412. The minimum atomic E-state index is -0.553. The van der Waals surface area contributed by atoms with E-state index in [1.807, 2.05) is 18.2 Å². The number of carbonyl (C=O) groups is 2. The number of benzene rings is 1. The molecule has 1 amide bonds. The lowest BCUT2D eigenvalue weighted by atomic mass is 10.1. The number of esters is 1. The molecule has 0 aliphatic carbocycles.